The Bertz CT molecular complexity index is 257. The Kier molecular flexibility index (Phi) is 20.9. The molecule has 0 aliphatic rings. The lowest BCUT2D eigenvalue weighted by Crippen LogP contribution is -2.33. The van der Waals surface area contributed by atoms with E-state index in [1.54, 1.807) is 0 Å². The molecule has 0 rings (SSSR count). The second kappa shape index (κ2) is 21.1. The van der Waals surface area contributed by atoms with Crippen LogP contribution < -0.4 is 0 Å². The maximum absolute atomic E-state index is 10.2. The molecule has 0 amide bonds. The van der Waals surface area contributed by atoms with Crippen LogP contribution in [-0.4, -0.2) is 59.6 Å². The van der Waals surface area contributed by atoms with Crippen LogP contribution in [0.1, 0.15) is 90.4 Å². The number of aliphatic hydroxyl groups excluding tert-OH is 3. The van der Waals surface area contributed by atoms with E-state index in [0.29, 0.717) is 32.6 Å². The highest BCUT2D eigenvalue weighted by atomic mass is 16.9. The molecule has 0 radical (unpaired) electrons. The fourth-order valence-electron chi connectivity index (χ4n) is 2.68. The SMILES string of the molecule is CCCCCCCCCCC(O)CN(OCCCCO)OCCCCO. The van der Waals surface area contributed by atoms with E-state index < -0.39 is 6.10 Å². The van der Waals surface area contributed by atoms with Crippen molar-refractivity contribution < 1.29 is 25.0 Å². The average molecular weight is 378 g/mol. The van der Waals surface area contributed by atoms with Crippen molar-refractivity contribution in [1.82, 2.24) is 5.23 Å². The van der Waals surface area contributed by atoms with Crippen LogP contribution in [0.2, 0.25) is 0 Å². The van der Waals surface area contributed by atoms with Crippen molar-refractivity contribution in [2.24, 2.45) is 0 Å². The molecule has 6 nitrogen and oxygen atoms in total. The third-order valence-electron chi connectivity index (χ3n) is 4.33. The van der Waals surface area contributed by atoms with E-state index in [1.165, 1.54) is 43.8 Å². The Morgan fingerprint density at radius 3 is 1.69 bits per heavy atom. The van der Waals surface area contributed by atoms with Gasteiger partial charge in [-0.25, -0.2) is 0 Å². The van der Waals surface area contributed by atoms with Crippen molar-refractivity contribution in [1.29, 1.82) is 0 Å². The van der Waals surface area contributed by atoms with E-state index in [0.717, 1.165) is 32.1 Å². The fraction of sp³-hybridized carbons (Fsp3) is 1.00. The Morgan fingerprint density at radius 2 is 1.19 bits per heavy atom. The summed E-state index contributed by atoms with van der Waals surface area (Å²) in [6.07, 6.45) is 13.2. The largest absolute Gasteiger partial charge is 0.396 e. The van der Waals surface area contributed by atoms with E-state index in [4.69, 9.17) is 19.9 Å². The van der Waals surface area contributed by atoms with Crippen LogP contribution in [0.25, 0.3) is 0 Å². The molecule has 1 atom stereocenters. The Balaban J connectivity index is 3.82. The van der Waals surface area contributed by atoms with Crippen LogP contribution in [-0.2, 0) is 9.68 Å². The van der Waals surface area contributed by atoms with Gasteiger partial charge >= 0.3 is 0 Å². The number of rotatable bonds is 21. The Labute approximate surface area is 160 Å². The average Bonchev–Trinajstić information content (AvgIpc) is 2.64. The molecule has 0 aromatic heterocycles. The van der Waals surface area contributed by atoms with E-state index in [9.17, 15) is 5.11 Å². The summed E-state index contributed by atoms with van der Waals surface area (Å²) >= 11 is 0. The second-order valence-electron chi connectivity index (χ2n) is 6.96. The van der Waals surface area contributed by atoms with Crippen molar-refractivity contribution >= 4 is 0 Å². The van der Waals surface area contributed by atoms with Crippen molar-refractivity contribution in [3.8, 4) is 0 Å². The summed E-state index contributed by atoms with van der Waals surface area (Å²) in [5.41, 5.74) is 0. The molecule has 0 saturated carbocycles. The lowest BCUT2D eigenvalue weighted by molar-refractivity contribution is -0.375. The summed E-state index contributed by atoms with van der Waals surface area (Å²) in [6, 6.07) is 0. The van der Waals surface area contributed by atoms with E-state index in [2.05, 4.69) is 6.92 Å². The minimum atomic E-state index is -0.467. The molecule has 158 valence electrons. The predicted octanol–water partition coefficient (Wildman–Crippen LogP) is 3.59. The summed E-state index contributed by atoms with van der Waals surface area (Å²) in [4.78, 5) is 11.1. The molecule has 6 heteroatoms. The summed E-state index contributed by atoms with van der Waals surface area (Å²) in [5, 5.41) is 29.2. The number of hydroxylamine groups is 2. The summed E-state index contributed by atoms with van der Waals surface area (Å²) in [6.45, 7) is 3.80. The van der Waals surface area contributed by atoms with Crippen LogP contribution in [0.3, 0.4) is 0 Å². The van der Waals surface area contributed by atoms with Gasteiger partial charge in [-0.15, -0.1) is 0 Å². The van der Waals surface area contributed by atoms with Gasteiger partial charge in [-0.1, -0.05) is 63.5 Å². The van der Waals surface area contributed by atoms with Gasteiger partial charge in [0.1, 0.15) is 0 Å². The van der Waals surface area contributed by atoms with Crippen molar-refractivity contribution in [3.05, 3.63) is 0 Å². The molecule has 3 N–H and O–H groups in total. The van der Waals surface area contributed by atoms with Gasteiger partial charge in [-0.2, -0.15) is 0 Å². The molecule has 0 aliphatic carbocycles. The highest BCUT2D eigenvalue weighted by Crippen LogP contribution is 2.11. The maximum atomic E-state index is 10.2. The molecule has 0 aromatic rings. The van der Waals surface area contributed by atoms with Gasteiger partial charge in [0.15, 0.2) is 0 Å². The van der Waals surface area contributed by atoms with E-state index >= 15 is 0 Å². The lowest BCUT2D eigenvalue weighted by atomic mass is 10.1. The number of hydrogen-bond donors (Lipinski definition) is 3. The zero-order chi connectivity index (χ0) is 19.3. The van der Waals surface area contributed by atoms with Crippen LogP contribution in [0.5, 0.6) is 0 Å². The minimum absolute atomic E-state index is 0.155. The topological polar surface area (TPSA) is 82.4 Å². The first kappa shape index (κ1) is 25.8. The quantitative estimate of drug-likeness (QED) is 0.209. The molecular weight excluding hydrogens is 334 g/mol. The predicted molar refractivity (Wildman–Crippen MR) is 104 cm³/mol. The lowest BCUT2D eigenvalue weighted by Gasteiger charge is -2.23. The van der Waals surface area contributed by atoms with Crippen LogP contribution in [0.4, 0.5) is 0 Å². The van der Waals surface area contributed by atoms with Crippen LogP contribution >= 0.6 is 0 Å². The van der Waals surface area contributed by atoms with Gasteiger partial charge in [-0.3, -0.25) is 9.68 Å². The summed E-state index contributed by atoms with van der Waals surface area (Å²) < 4.78 is 0. The normalized spacial score (nSPS) is 12.8. The molecule has 0 saturated heterocycles. The first-order valence-corrected chi connectivity index (χ1v) is 10.7. The molecule has 0 spiro atoms. The zero-order valence-electron chi connectivity index (χ0n) is 16.9. The molecule has 0 heterocycles. The Hall–Kier alpha value is -0.240. The molecular formula is C20H43NO5. The number of nitrogens with zero attached hydrogens (tertiary/aromatic N) is 1. The molecule has 0 bridgehead atoms. The van der Waals surface area contributed by atoms with Crippen molar-refractivity contribution in [2.45, 2.75) is 96.5 Å². The van der Waals surface area contributed by atoms with Gasteiger partial charge in [0.05, 0.1) is 25.9 Å². The summed E-state index contributed by atoms with van der Waals surface area (Å²) in [5.74, 6) is 0. The second-order valence-corrected chi connectivity index (χ2v) is 6.96. The molecule has 0 fully saturated rings. The molecule has 0 aliphatic heterocycles. The molecule has 26 heavy (non-hydrogen) atoms. The van der Waals surface area contributed by atoms with E-state index in [1.807, 2.05) is 0 Å². The van der Waals surface area contributed by atoms with Gasteiger partial charge < -0.3 is 15.3 Å². The van der Waals surface area contributed by atoms with Crippen molar-refractivity contribution in [3.63, 3.8) is 0 Å². The molecule has 0 aromatic carbocycles. The number of hydrogen-bond acceptors (Lipinski definition) is 6. The first-order valence-electron chi connectivity index (χ1n) is 10.7. The van der Waals surface area contributed by atoms with Crippen molar-refractivity contribution in [2.75, 3.05) is 33.0 Å². The van der Waals surface area contributed by atoms with E-state index in [-0.39, 0.29) is 13.2 Å². The van der Waals surface area contributed by atoms with Gasteiger partial charge in [0.25, 0.3) is 0 Å². The Morgan fingerprint density at radius 1 is 0.692 bits per heavy atom. The number of unbranched alkanes of at least 4 members (excludes halogenated alkanes) is 9. The standard InChI is InChI=1S/C20H43NO5/c1-2-3-4-5-6-7-8-9-14-20(24)19-21(25-17-12-10-15-22)26-18-13-11-16-23/h20,22-24H,2-19H2,1H3. The van der Waals surface area contributed by atoms with Gasteiger partial charge in [0, 0.05) is 13.2 Å². The maximum Gasteiger partial charge on any atom is 0.0777 e. The van der Waals surface area contributed by atoms with Crippen LogP contribution in [0.15, 0.2) is 0 Å². The summed E-state index contributed by atoms with van der Waals surface area (Å²) in [7, 11) is 0. The minimum Gasteiger partial charge on any atom is -0.396 e. The fourth-order valence-corrected chi connectivity index (χ4v) is 2.68. The third kappa shape index (κ3) is 18.5. The third-order valence-corrected chi connectivity index (χ3v) is 4.33. The number of aliphatic hydroxyl groups is 3. The van der Waals surface area contributed by atoms with Gasteiger partial charge in [0.2, 0.25) is 0 Å². The highest BCUT2D eigenvalue weighted by molar-refractivity contribution is 4.57. The monoisotopic (exact) mass is 377 g/mol. The smallest absolute Gasteiger partial charge is 0.0777 e. The molecule has 1 unspecified atom stereocenters. The zero-order valence-corrected chi connectivity index (χ0v) is 16.9. The highest BCUT2D eigenvalue weighted by Gasteiger charge is 2.13. The first-order chi connectivity index (χ1) is 12.7. The van der Waals surface area contributed by atoms with Crippen LogP contribution in [0, 0.1) is 0 Å². The van der Waals surface area contributed by atoms with Gasteiger partial charge in [-0.05, 0) is 32.1 Å².